The molecule has 0 bridgehead atoms. The predicted octanol–water partition coefficient (Wildman–Crippen LogP) is 4.62. The molecule has 24 heavy (non-hydrogen) atoms. The van der Waals surface area contributed by atoms with Crippen molar-refractivity contribution in [3.63, 3.8) is 0 Å². The van der Waals surface area contributed by atoms with E-state index in [0.29, 0.717) is 5.92 Å². The van der Waals surface area contributed by atoms with Crippen LogP contribution in [0.25, 0.3) is 0 Å². The quantitative estimate of drug-likeness (QED) is 0.875. The van der Waals surface area contributed by atoms with Crippen LogP contribution in [0.1, 0.15) is 57.9 Å². The van der Waals surface area contributed by atoms with Gasteiger partial charge in [-0.3, -0.25) is 0 Å². The average molecular weight is 330 g/mol. The molecule has 1 amide bonds. The number of ether oxygens (including phenoxy) is 1. The number of piperidine rings is 1. The second kappa shape index (κ2) is 7.04. The van der Waals surface area contributed by atoms with Crippen molar-refractivity contribution in [3.05, 3.63) is 29.8 Å². The highest BCUT2D eigenvalue weighted by Crippen LogP contribution is 2.32. The first-order chi connectivity index (χ1) is 11.4. The highest BCUT2D eigenvalue weighted by Gasteiger charge is 2.27. The van der Waals surface area contributed by atoms with Gasteiger partial charge in [-0.15, -0.1) is 0 Å². The minimum atomic E-state index is -0.421. The molecular formula is C20H30N2O2. The van der Waals surface area contributed by atoms with E-state index >= 15 is 0 Å². The Bertz CT molecular complexity index is 567. The molecule has 3 rings (SSSR count). The summed E-state index contributed by atoms with van der Waals surface area (Å²) in [7, 11) is 0. The van der Waals surface area contributed by atoms with E-state index in [1.165, 1.54) is 24.1 Å². The number of rotatable bonds is 4. The molecule has 1 saturated carbocycles. The highest BCUT2D eigenvalue weighted by atomic mass is 16.6. The summed E-state index contributed by atoms with van der Waals surface area (Å²) in [5.41, 5.74) is 2.20. The fourth-order valence-electron chi connectivity index (χ4n) is 3.21. The molecule has 1 heterocycles. The molecular weight excluding hydrogens is 300 g/mol. The van der Waals surface area contributed by atoms with Crippen molar-refractivity contribution in [1.29, 1.82) is 0 Å². The molecule has 0 spiro atoms. The zero-order valence-electron chi connectivity index (χ0n) is 15.2. The van der Waals surface area contributed by atoms with Crippen molar-refractivity contribution in [1.82, 2.24) is 4.90 Å². The molecule has 1 aliphatic heterocycles. The zero-order valence-corrected chi connectivity index (χ0v) is 15.2. The van der Waals surface area contributed by atoms with Crippen LogP contribution < -0.4 is 5.32 Å². The minimum absolute atomic E-state index is 0.180. The monoisotopic (exact) mass is 330 g/mol. The van der Waals surface area contributed by atoms with Gasteiger partial charge in [-0.1, -0.05) is 12.1 Å². The number of carbonyl (C=O) groups excluding carboxylic acids is 1. The van der Waals surface area contributed by atoms with E-state index in [1.807, 2.05) is 25.7 Å². The minimum Gasteiger partial charge on any atom is -0.444 e. The highest BCUT2D eigenvalue weighted by molar-refractivity contribution is 5.68. The Kier molecular flexibility index (Phi) is 5.02. The predicted molar refractivity (Wildman–Crippen MR) is 97.4 cm³/mol. The first-order valence-corrected chi connectivity index (χ1v) is 9.22. The molecule has 1 N–H and O–H groups in total. The first-order valence-electron chi connectivity index (χ1n) is 9.22. The molecule has 1 aliphatic carbocycles. The van der Waals surface area contributed by atoms with Crippen molar-refractivity contribution in [2.24, 2.45) is 5.92 Å². The lowest BCUT2D eigenvalue weighted by atomic mass is 9.89. The Morgan fingerprint density at radius 2 is 1.92 bits per heavy atom. The van der Waals surface area contributed by atoms with Crippen molar-refractivity contribution < 1.29 is 9.53 Å². The maximum absolute atomic E-state index is 12.2. The number of nitrogens with one attached hydrogen (secondary N) is 1. The van der Waals surface area contributed by atoms with Crippen LogP contribution >= 0.6 is 0 Å². The van der Waals surface area contributed by atoms with Gasteiger partial charge < -0.3 is 15.0 Å². The van der Waals surface area contributed by atoms with Gasteiger partial charge in [0.05, 0.1) is 0 Å². The smallest absolute Gasteiger partial charge is 0.410 e. The normalized spacial score (nSPS) is 19.2. The van der Waals surface area contributed by atoms with E-state index in [1.54, 1.807) is 0 Å². The number of benzene rings is 1. The molecule has 132 valence electrons. The number of likely N-dealkylation sites (tertiary alicyclic amines) is 1. The van der Waals surface area contributed by atoms with Crippen LogP contribution in [0.4, 0.5) is 10.5 Å². The topological polar surface area (TPSA) is 41.6 Å². The molecule has 1 aromatic carbocycles. The summed E-state index contributed by atoms with van der Waals surface area (Å²) in [5.74, 6) is 1.41. The number of nitrogens with zero attached hydrogens (tertiary/aromatic N) is 1. The van der Waals surface area contributed by atoms with Crippen molar-refractivity contribution >= 4 is 11.8 Å². The summed E-state index contributed by atoms with van der Waals surface area (Å²) < 4.78 is 5.47. The molecule has 2 aliphatic rings. The summed E-state index contributed by atoms with van der Waals surface area (Å²) in [6.07, 6.45) is 4.57. The first kappa shape index (κ1) is 17.1. The zero-order chi connectivity index (χ0) is 17.2. The van der Waals surface area contributed by atoms with Crippen molar-refractivity contribution in [2.45, 2.75) is 58.0 Å². The van der Waals surface area contributed by atoms with E-state index in [2.05, 4.69) is 29.6 Å². The van der Waals surface area contributed by atoms with Gasteiger partial charge in [-0.2, -0.15) is 0 Å². The van der Waals surface area contributed by atoms with Gasteiger partial charge in [0.1, 0.15) is 5.60 Å². The van der Waals surface area contributed by atoms with E-state index in [9.17, 15) is 4.79 Å². The maximum atomic E-state index is 12.2. The van der Waals surface area contributed by atoms with E-state index in [-0.39, 0.29) is 6.09 Å². The summed E-state index contributed by atoms with van der Waals surface area (Å²) in [6, 6.07) is 8.80. The lowest BCUT2D eigenvalue weighted by molar-refractivity contribution is 0.0205. The van der Waals surface area contributed by atoms with Gasteiger partial charge in [0, 0.05) is 25.3 Å². The Hall–Kier alpha value is -1.71. The second-order valence-corrected chi connectivity index (χ2v) is 8.19. The Morgan fingerprint density at radius 3 is 2.54 bits per heavy atom. The number of hydrogen-bond acceptors (Lipinski definition) is 3. The van der Waals surface area contributed by atoms with Gasteiger partial charge in [-0.25, -0.2) is 4.79 Å². The molecule has 0 radical (unpaired) electrons. The second-order valence-electron chi connectivity index (χ2n) is 8.19. The summed E-state index contributed by atoms with van der Waals surface area (Å²) in [4.78, 5) is 14.0. The SMILES string of the molecule is CC(C)(C)OC(=O)N1CCC(c2cccc(NCC3CC3)c2)CC1. The summed E-state index contributed by atoms with van der Waals surface area (Å²) in [5, 5.41) is 3.55. The van der Waals surface area contributed by atoms with Crippen LogP contribution in [0.15, 0.2) is 24.3 Å². The van der Waals surface area contributed by atoms with Crippen LogP contribution in [0.2, 0.25) is 0 Å². The molecule has 0 atom stereocenters. The van der Waals surface area contributed by atoms with Crippen LogP contribution in [0.5, 0.6) is 0 Å². The standard InChI is InChI=1S/C20H30N2O2/c1-20(2,3)24-19(23)22-11-9-16(10-12-22)17-5-4-6-18(13-17)21-14-15-7-8-15/h4-6,13,15-16,21H,7-12,14H2,1-3H3. The van der Waals surface area contributed by atoms with E-state index in [4.69, 9.17) is 4.74 Å². The van der Waals surface area contributed by atoms with E-state index in [0.717, 1.165) is 38.4 Å². The lowest BCUT2D eigenvalue weighted by Gasteiger charge is -2.33. The number of hydrogen-bond donors (Lipinski definition) is 1. The fourth-order valence-corrected chi connectivity index (χ4v) is 3.21. The van der Waals surface area contributed by atoms with E-state index < -0.39 is 5.60 Å². The average Bonchev–Trinajstić information content (AvgIpc) is 3.36. The Labute approximate surface area is 145 Å². The molecule has 4 heteroatoms. The summed E-state index contributed by atoms with van der Waals surface area (Å²) in [6.45, 7) is 8.40. The molecule has 0 unspecified atom stereocenters. The number of anilines is 1. The summed E-state index contributed by atoms with van der Waals surface area (Å²) >= 11 is 0. The van der Waals surface area contributed by atoms with Gasteiger partial charge in [-0.05, 0) is 76.0 Å². The van der Waals surface area contributed by atoms with Gasteiger partial charge in [0.15, 0.2) is 0 Å². The largest absolute Gasteiger partial charge is 0.444 e. The van der Waals surface area contributed by atoms with Gasteiger partial charge in [0.25, 0.3) is 0 Å². The lowest BCUT2D eigenvalue weighted by Crippen LogP contribution is -2.41. The fraction of sp³-hybridized carbons (Fsp3) is 0.650. The van der Waals surface area contributed by atoms with Crippen LogP contribution in [-0.2, 0) is 4.74 Å². The molecule has 1 aromatic rings. The molecule has 2 fully saturated rings. The third-order valence-corrected chi connectivity index (χ3v) is 4.80. The number of amides is 1. The molecule has 4 nitrogen and oxygen atoms in total. The van der Waals surface area contributed by atoms with Crippen molar-refractivity contribution in [2.75, 3.05) is 25.0 Å². The van der Waals surface area contributed by atoms with Crippen LogP contribution in [0, 0.1) is 5.92 Å². The Balaban J connectivity index is 1.52. The van der Waals surface area contributed by atoms with Crippen LogP contribution in [0.3, 0.4) is 0 Å². The maximum Gasteiger partial charge on any atom is 0.410 e. The van der Waals surface area contributed by atoms with Crippen LogP contribution in [-0.4, -0.2) is 36.2 Å². The van der Waals surface area contributed by atoms with Gasteiger partial charge in [0.2, 0.25) is 0 Å². The third-order valence-electron chi connectivity index (χ3n) is 4.80. The van der Waals surface area contributed by atoms with Gasteiger partial charge >= 0.3 is 6.09 Å². The molecule has 1 saturated heterocycles. The van der Waals surface area contributed by atoms with Crippen molar-refractivity contribution in [3.8, 4) is 0 Å². The molecule has 0 aromatic heterocycles. The third kappa shape index (κ3) is 4.89. The Morgan fingerprint density at radius 1 is 1.21 bits per heavy atom. The number of carbonyl (C=O) groups is 1.